The van der Waals surface area contributed by atoms with Crippen LogP contribution in [-0.2, 0) is 26.0 Å². The first-order chi connectivity index (χ1) is 17.6. The van der Waals surface area contributed by atoms with Gasteiger partial charge in [-0.15, -0.1) is 0 Å². The molecule has 1 heterocycles. The molecule has 0 fully saturated rings. The van der Waals surface area contributed by atoms with Crippen LogP contribution in [0, 0.1) is 12.3 Å². The second kappa shape index (κ2) is 11.0. The summed E-state index contributed by atoms with van der Waals surface area (Å²) in [5.41, 5.74) is 8.54. The van der Waals surface area contributed by atoms with Gasteiger partial charge in [0.1, 0.15) is 9.92 Å². The van der Waals surface area contributed by atoms with Crippen LogP contribution in [0.4, 0.5) is 23.1 Å². The van der Waals surface area contributed by atoms with Gasteiger partial charge in [0, 0.05) is 26.9 Å². The molecule has 1 amide bonds. The molecular weight excluding hydrogens is 516 g/mol. The van der Waals surface area contributed by atoms with Crippen molar-refractivity contribution >= 4 is 50.7 Å². The second-order valence-corrected chi connectivity index (χ2v) is 11.3. The molecule has 10 nitrogen and oxygen atoms in total. The van der Waals surface area contributed by atoms with Gasteiger partial charge < -0.3 is 21.1 Å². The molecule has 1 aliphatic rings. The zero-order valence-electron chi connectivity index (χ0n) is 20.6. The molecule has 2 aromatic carbocycles. The third-order valence-corrected chi connectivity index (χ3v) is 8.27. The average Bonchev–Trinajstić information content (AvgIpc) is 3.05. The molecule has 12 heteroatoms. The number of ether oxygens (including phenoxy) is 1. The summed E-state index contributed by atoms with van der Waals surface area (Å²) in [7, 11) is 0.777. The summed E-state index contributed by atoms with van der Waals surface area (Å²) in [5.74, 6) is -0.417. The zero-order chi connectivity index (χ0) is 26.7. The minimum Gasteiger partial charge on any atom is -0.376 e. The SMILES string of the molecule is COC1c2cc(Nc3ncc(Cl)c(Nc4ccccc4S(=O)(=O)N(C)C)n3)ccc2C[CH]CC1C(N)=O. The summed E-state index contributed by atoms with van der Waals surface area (Å²) >= 11 is 6.34. The van der Waals surface area contributed by atoms with Crippen LogP contribution in [0.5, 0.6) is 0 Å². The number of nitrogens with one attached hydrogen (secondary N) is 2. The number of methoxy groups -OCH3 is 1. The molecule has 0 saturated carbocycles. The Kier molecular flexibility index (Phi) is 7.98. The molecule has 4 rings (SSSR count). The highest BCUT2D eigenvalue weighted by molar-refractivity contribution is 7.89. The Morgan fingerprint density at radius 3 is 2.65 bits per heavy atom. The number of benzene rings is 2. The van der Waals surface area contributed by atoms with E-state index in [0.29, 0.717) is 24.2 Å². The predicted octanol–water partition coefficient (Wildman–Crippen LogP) is 3.81. The van der Waals surface area contributed by atoms with E-state index in [1.54, 1.807) is 25.3 Å². The number of sulfonamides is 1. The third kappa shape index (κ3) is 5.69. The summed E-state index contributed by atoms with van der Waals surface area (Å²) in [4.78, 5) is 20.8. The van der Waals surface area contributed by atoms with E-state index in [-0.39, 0.29) is 21.7 Å². The molecule has 0 saturated heterocycles. The summed E-state index contributed by atoms with van der Waals surface area (Å²) < 4.78 is 32.3. The van der Waals surface area contributed by atoms with Gasteiger partial charge in [0.2, 0.25) is 21.9 Å². The third-order valence-electron chi connectivity index (χ3n) is 6.12. The highest BCUT2D eigenvalue weighted by Gasteiger charge is 2.32. The average molecular weight is 544 g/mol. The molecule has 1 aliphatic carbocycles. The minimum absolute atomic E-state index is 0.0846. The van der Waals surface area contributed by atoms with Crippen LogP contribution in [-0.4, -0.2) is 49.8 Å². The molecule has 0 aliphatic heterocycles. The van der Waals surface area contributed by atoms with E-state index in [1.165, 1.54) is 26.4 Å². The maximum atomic E-state index is 12.8. The highest BCUT2D eigenvalue weighted by Crippen LogP contribution is 2.37. The van der Waals surface area contributed by atoms with Gasteiger partial charge in [0.15, 0.2) is 5.82 Å². The van der Waals surface area contributed by atoms with Gasteiger partial charge in [-0.1, -0.05) is 29.8 Å². The van der Waals surface area contributed by atoms with Crippen molar-refractivity contribution in [2.24, 2.45) is 11.7 Å². The Labute approximate surface area is 221 Å². The smallest absolute Gasteiger partial charge is 0.244 e. The Morgan fingerprint density at radius 1 is 1.19 bits per heavy atom. The van der Waals surface area contributed by atoms with E-state index >= 15 is 0 Å². The quantitative estimate of drug-likeness (QED) is 0.364. The first-order valence-electron chi connectivity index (χ1n) is 11.5. The molecule has 195 valence electrons. The van der Waals surface area contributed by atoms with Crippen molar-refractivity contribution in [1.82, 2.24) is 14.3 Å². The van der Waals surface area contributed by atoms with Crippen LogP contribution in [0.3, 0.4) is 0 Å². The Balaban J connectivity index is 1.64. The molecule has 37 heavy (non-hydrogen) atoms. The van der Waals surface area contributed by atoms with Gasteiger partial charge in [-0.05, 0) is 54.7 Å². The Morgan fingerprint density at radius 2 is 1.95 bits per heavy atom. The van der Waals surface area contributed by atoms with Crippen LogP contribution in [0.25, 0.3) is 0 Å². The van der Waals surface area contributed by atoms with Gasteiger partial charge in [0.25, 0.3) is 0 Å². The van der Waals surface area contributed by atoms with Crippen LogP contribution in [0.2, 0.25) is 5.02 Å². The number of hydrogen-bond acceptors (Lipinski definition) is 8. The molecular formula is C25H28ClN6O4S. The molecule has 1 radical (unpaired) electrons. The van der Waals surface area contributed by atoms with Crippen LogP contribution in [0.1, 0.15) is 23.7 Å². The van der Waals surface area contributed by atoms with E-state index in [2.05, 4.69) is 20.6 Å². The number of rotatable bonds is 8. The number of aromatic nitrogens is 2. The van der Waals surface area contributed by atoms with Crippen molar-refractivity contribution in [3.8, 4) is 0 Å². The predicted molar refractivity (Wildman–Crippen MR) is 142 cm³/mol. The van der Waals surface area contributed by atoms with Gasteiger partial charge in [-0.25, -0.2) is 17.7 Å². The van der Waals surface area contributed by atoms with Crippen molar-refractivity contribution in [2.45, 2.75) is 23.8 Å². The van der Waals surface area contributed by atoms with Crippen LogP contribution < -0.4 is 16.4 Å². The summed E-state index contributed by atoms with van der Waals surface area (Å²) in [5, 5.41) is 6.38. The lowest BCUT2D eigenvalue weighted by molar-refractivity contribution is -0.126. The van der Waals surface area contributed by atoms with E-state index in [1.807, 2.05) is 24.6 Å². The maximum absolute atomic E-state index is 12.8. The number of fused-ring (bicyclic) bond motifs is 1. The fourth-order valence-electron chi connectivity index (χ4n) is 4.20. The second-order valence-electron chi connectivity index (χ2n) is 8.73. The van der Waals surface area contributed by atoms with Crippen molar-refractivity contribution in [1.29, 1.82) is 0 Å². The van der Waals surface area contributed by atoms with E-state index in [0.717, 1.165) is 15.4 Å². The summed E-state index contributed by atoms with van der Waals surface area (Å²) in [6.45, 7) is 0. The number of primary amides is 1. The number of para-hydroxylation sites is 1. The molecule has 2 unspecified atom stereocenters. The number of anilines is 4. The first kappa shape index (κ1) is 26.8. The minimum atomic E-state index is -3.71. The number of amides is 1. The maximum Gasteiger partial charge on any atom is 0.244 e. The standard InChI is InChI=1S/C25H28ClN6O4S/c1-32(2)37(34,35)21-10-5-4-9-20(21)30-24-19(26)14-28-25(31-24)29-16-12-11-15-7-6-8-17(23(27)33)22(36-3)18(15)13-16/h4-6,9-14,17,22H,7-8H2,1-3H3,(H2,27,33)(H2,28,29,30,31). The normalized spacial score (nSPS) is 17.6. The molecule has 3 aromatic rings. The molecule has 0 bridgehead atoms. The van der Waals surface area contributed by atoms with Gasteiger partial charge in [-0.2, -0.15) is 4.98 Å². The number of halogens is 1. The monoisotopic (exact) mass is 543 g/mol. The largest absolute Gasteiger partial charge is 0.376 e. The van der Waals surface area contributed by atoms with Gasteiger partial charge in [-0.3, -0.25) is 4.79 Å². The van der Waals surface area contributed by atoms with Crippen molar-refractivity contribution in [3.05, 3.63) is 71.2 Å². The molecule has 2 atom stereocenters. The Bertz CT molecular complexity index is 1420. The topological polar surface area (TPSA) is 140 Å². The van der Waals surface area contributed by atoms with Crippen LogP contribution in [0.15, 0.2) is 53.6 Å². The summed E-state index contributed by atoms with van der Waals surface area (Å²) in [6, 6.07) is 12.2. The highest BCUT2D eigenvalue weighted by atomic mass is 35.5. The van der Waals surface area contributed by atoms with E-state index in [9.17, 15) is 13.2 Å². The molecule has 1 aromatic heterocycles. The number of nitrogens with two attached hydrogens (primary N) is 1. The molecule has 4 N–H and O–H groups in total. The molecule has 0 spiro atoms. The lowest BCUT2D eigenvalue weighted by Crippen LogP contribution is -2.29. The summed E-state index contributed by atoms with van der Waals surface area (Å²) in [6.07, 6.45) is 4.20. The number of carbonyl (C=O) groups excluding carboxylic acids is 1. The van der Waals surface area contributed by atoms with Crippen LogP contribution >= 0.6 is 11.6 Å². The fraction of sp³-hybridized carbons (Fsp3) is 0.280. The fourth-order valence-corrected chi connectivity index (χ4v) is 5.38. The lowest BCUT2D eigenvalue weighted by atomic mass is 9.92. The lowest BCUT2D eigenvalue weighted by Gasteiger charge is -2.23. The first-order valence-corrected chi connectivity index (χ1v) is 13.3. The van der Waals surface area contributed by atoms with Crippen molar-refractivity contribution in [2.75, 3.05) is 31.8 Å². The van der Waals surface area contributed by atoms with Gasteiger partial charge in [0.05, 0.1) is 23.9 Å². The van der Waals surface area contributed by atoms with E-state index in [4.69, 9.17) is 22.1 Å². The zero-order valence-corrected chi connectivity index (χ0v) is 22.2. The van der Waals surface area contributed by atoms with Crippen molar-refractivity contribution in [3.63, 3.8) is 0 Å². The van der Waals surface area contributed by atoms with Gasteiger partial charge >= 0.3 is 0 Å². The number of carbonyl (C=O) groups is 1. The Hall–Kier alpha value is -3.25. The van der Waals surface area contributed by atoms with Crippen molar-refractivity contribution < 1.29 is 17.9 Å². The number of nitrogens with zero attached hydrogens (tertiary/aromatic N) is 3. The van der Waals surface area contributed by atoms with E-state index < -0.39 is 28.0 Å². The number of hydrogen-bond donors (Lipinski definition) is 3.